The zero-order valence-corrected chi connectivity index (χ0v) is 38.0. The Kier molecular flexibility index (Phi) is 19.8. The maximum atomic E-state index is 12.8. The molecule has 4 saturated heterocycles. The van der Waals surface area contributed by atoms with Crippen LogP contribution in [0.5, 0.6) is 23.0 Å². The second kappa shape index (κ2) is 25.1. The van der Waals surface area contributed by atoms with E-state index in [4.69, 9.17) is 47.4 Å². The van der Waals surface area contributed by atoms with Crippen molar-refractivity contribution in [2.75, 3.05) is 40.6 Å². The zero-order chi connectivity index (χ0) is 51.8. The van der Waals surface area contributed by atoms with Crippen molar-refractivity contribution in [2.24, 2.45) is 0 Å². The molecule has 0 bridgehead atoms. The summed E-state index contributed by atoms with van der Waals surface area (Å²) >= 11 is 0. The SMILES string of the molecule is COc1cc(/C=C/C(=O)CC(=O)/C=C/c2ccc(O[C@@H]3O[C@H](CO)[C@@H](O)[C@H](O[C@@H]4O[C@H](CO)[C@@H](O)[C@H](O)[C@H]4O)[C@H]3O)c(OC)c2)ccc1O[C@@H]1O[C@H](CO)[C@@H](O)[C@H](O[C@@H]2O[C@H](CO)[C@@H](O)[C@H](O)[C@H]2O)[C@H]1O. The van der Waals surface area contributed by atoms with Gasteiger partial charge in [0.15, 0.2) is 47.1 Å². The molecule has 4 aliphatic heterocycles. The monoisotopic (exact) mass is 1020 g/mol. The number of ether oxygens (including phenoxy) is 10. The van der Waals surface area contributed by atoms with Crippen LogP contribution >= 0.6 is 0 Å². The van der Waals surface area contributed by atoms with Crippen LogP contribution in [-0.4, -0.2) is 247 Å². The Morgan fingerprint density at radius 2 is 0.789 bits per heavy atom. The predicted molar refractivity (Wildman–Crippen MR) is 233 cm³/mol. The molecule has 71 heavy (non-hydrogen) atoms. The lowest BCUT2D eigenvalue weighted by Crippen LogP contribution is -2.65. The summed E-state index contributed by atoms with van der Waals surface area (Å²) in [5.74, 6) is -1.05. The van der Waals surface area contributed by atoms with Crippen LogP contribution in [-0.2, 0) is 38.0 Å². The molecule has 0 unspecified atom stereocenters. The van der Waals surface area contributed by atoms with Gasteiger partial charge in [-0.3, -0.25) is 9.59 Å². The number of carbonyl (C=O) groups excluding carboxylic acids is 2. The summed E-state index contributed by atoms with van der Waals surface area (Å²) in [5.41, 5.74) is 0.812. The van der Waals surface area contributed by atoms with Crippen molar-refractivity contribution in [2.45, 2.75) is 129 Å². The number of hydrogen-bond donors (Lipinski definition) is 14. The van der Waals surface area contributed by atoms with Crippen LogP contribution in [0, 0.1) is 0 Å². The lowest BCUT2D eigenvalue weighted by atomic mass is 9.97. The summed E-state index contributed by atoms with van der Waals surface area (Å²) in [6.07, 6.45) is -28.9. The number of ketones is 2. The molecule has 396 valence electrons. The topological polar surface area (TPSA) is 410 Å². The van der Waals surface area contributed by atoms with Gasteiger partial charge in [-0.1, -0.05) is 24.3 Å². The molecule has 4 heterocycles. The molecule has 6 rings (SSSR count). The van der Waals surface area contributed by atoms with E-state index >= 15 is 0 Å². The van der Waals surface area contributed by atoms with E-state index in [0.717, 1.165) is 12.2 Å². The van der Waals surface area contributed by atoms with E-state index < -0.39 is 167 Å². The van der Waals surface area contributed by atoms with Crippen molar-refractivity contribution in [3.8, 4) is 23.0 Å². The van der Waals surface area contributed by atoms with E-state index in [9.17, 15) is 81.1 Å². The van der Waals surface area contributed by atoms with Crippen molar-refractivity contribution in [1.29, 1.82) is 0 Å². The van der Waals surface area contributed by atoms with E-state index in [-0.39, 0.29) is 23.0 Å². The quantitative estimate of drug-likeness (QED) is 0.0434. The van der Waals surface area contributed by atoms with E-state index in [1.807, 2.05) is 0 Å². The van der Waals surface area contributed by atoms with Crippen LogP contribution in [0.3, 0.4) is 0 Å². The minimum atomic E-state index is -1.87. The molecule has 0 radical (unpaired) electrons. The van der Waals surface area contributed by atoms with E-state index in [2.05, 4.69) is 0 Å². The smallest absolute Gasteiger partial charge is 0.229 e. The van der Waals surface area contributed by atoms with Crippen molar-refractivity contribution in [3.05, 3.63) is 59.7 Å². The maximum Gasteiger partial charge on any atom is 0.229 e. The molecule has 0 amide bonds. The molecule has 0 aromatic heterocycles. The van der Waals surface area contributed by atoms with Gasteiger partial charge in [0.1, 0.15) is 97.7 Å². The molecule has 26 heteroatoms. The lowest BCUT2D eigenvalue weighted by molar-refractivity contribution is -0.353. The molecule has 2 aromatic carbocycles. The van der Waals surface area contributed by atoms with Crippen LogP contribution in [0.1, 0.15) is 17.5 Å². The molecule has 26 nitrogen and oxygen atoms in total. The number of aliphatic hydroxyl groups excluding tert-OH is 14. The number of hydrogen-bond acceptors (Lipinski definition) is 26. The Hall–Kier alpha value is -4.34. The minimum Gasteiger partial charge on any atom is -0.493 e. The van der Waals surface area contributed by atoms with Crippen LogP contribution in [0.15, 0.2) is 48.6 Å². The first-order valence-electron chi connectivity index (χ1n) is 22.2. The first-order valence-corrected chi connectivity index (χ1v) is 22.2. The van der Waals surface area contributed by atoms with Crippen LogP contribution in [0.25, 0.3) is 12.2 Å². The first-order chi connectivity index (χ1) is 33.9. The number of benzene rings is 2. The Balaban J connectivity index is 1.04. The second-order valence-electron chi connectivity index (χ2n) is 16.8. The molecule has 0 aliphatic carbocycles. The van der Waals surface area contributed by atoms with Gasteiger partial charge >= 0.3 is 0 Å². The number of carbonyl (C=O) groups is 2. The molecule has 0 spiro atoms. The van der Waals surface area contributed by atoms with E-state index in [1.54, 1.807) is 0 Å². The minimum absolute atomic E-state index is 0.0142. The highest BCUT2D eigenvalue weighted by Gasteiger charge is 2.53. The summed E-state index contributed by atoms with van der Waals surface area (Å²) in [6.45, 7) is -3.09. The number of methoxy groups -OCH3 is 2. The van der Waals surface area contributed by atoms with Gasteiger partial charge in [0.2, 0.25) is 12.6 Å². The largest absolute Gasteiger partial charge is 0.493 e. The third kappa shape index (κ3) is 12.9. The second-order valence-corrected chi connectivity index (χ2v) is 16.8. The summed E-state index contributed by atoms with van der Waals surface area (Å²) in [6, 6.07) is 8.66. The van der Waals surface area contributed by atoms with Gasteiger partial charge in [-0.05, 0) is 47.5 Å². The van der Waals surface area contributed by atoms with E-state index in [1.165, 1.54) is 62.8 Å². The van der Waals surface area contributed by atoms with Gasteiger partial charge in [-0.2, -0.15) is 0 Å². The Morgan fingerprint density at radius 3 is 1.13 bits per heavy atom. The molecule has 20 atom stereocenters. The van der Waals surface area contributed by atoms with Gasteiger partial charge < -0.3 is 119 Å². The van der Waals surface area contributed by atoms with Crippen molar-refractivity contribution in [1.82, 2.24) is 0 Å². The van der Waals surface area contributed by atoms with Gasteiger partial charge in [0, 0.05) is 0 Å². The van der Waals surface area contributed by atoms with Gasteiger partial charge in [0.05, 0.1) is 47.1 Å². The number of allylic oxidation sites excluding steroid dienone is 2. The fourth-order valence-electron chi connectivity index (χ4n) is 7.98. The Bertz CT molecular complexity index is 1970. The van der Waals surface area contributed by atoms with Gasteiger partial charge in [0.25, 0.3) is 0 Å². The fourth-order valence-corrected chi connectivity index (χ4v) is 7.98. The molecular weight excluding hydrogens is 956 g/mol. The van der Waals surface area contributed by atoms with Gasteiger partial charge in [-0.25, -0.2) is 0 Å². The number of rotatable bonds is 20. The highest BCUT2D eigenvalue weighted by molar-refractivity contribution is 6.10. The summed E-state index contributed by atoms with van der Waals surface area (Å²) in [4.78, 5) is 25.6. The third-order valence-corrected chi connectivity index (χ3v) is 12.1. The first kappa shape index (κ1) is 56.0. The lowest BCUT2D eigenvalue weighted by Gasteiger charge is -2.45. The molecule has 0 saturated carbocycles. The zero-order valence-electron chi connectivity index (χ0n) is 38.0. The average molecular weight is 1020 g/mol. The Labute approximate surface area is 404 Å². The molecule has 14 N–H and O–H groups in total. The van der Waals surface area contributed by atoms with Crippen LogP contribution < -0.4 is 18.9 Å². The summed E-state index contributed by atoms with van der Waals surface area (Å²) in [5, 5.41) is 144. The highest BCUT2D eigenvalue weighted by Crippen LogP contribution is 2.36. The predicted octanol–water partition coefficient (Wildman–Crippen LogP) is -6.04. The van der Waals surface area contributed by atoms with Crippen molar-refractivity contribution >= 4 is 23.7 Å². The molecule has 4 aliphatic rings. The molecule has 4 fully saturated rings. The number of aliphatic hydroxyl groups is 14. The summed E-state index contributed by atoms with van der Waals surface area (Å²) in [7, 11) is 2.59. The van der Waals surface area contributed by atoms with Crippen LogP contribution in [0.2, 0.25) is 0 Å². The van der Waals surface area contributed by atoms with Gasteiger partial charge in [-0.15, -0.1) is 0 Å². The Morgan fingerprint density at radius 1 is 0.451 bits per heavy atom. The standard InChI is InChI=1S/C45H60O26/c1-62-24-11-18(5-9-22(24)64-44-38(60)40(32(54)28(16-48)68-44)70-42-36(58)34(56)30(52)26(14-46)66-42)3-7-20(50)13-21(51)8-4-19-6-10-23(25(12-19)63-2)65-45-39(61)41(33(55)29(17-49)69-45)71-43-37(59)35(57)31(53)27(15-47)67-43/h3-12,26-49,52-61H,13-17H2,1-2H3/b7-3+,8-4+/t26-,27-,28-,29-,30-,31-,32-,33-,34+,35+,36-,37-,38-,39-,40+,41+,42+,43+,44-,45-/m1/s1. The average Bonchev–Trinajstić information content (AvgIpc) is 3.37. The van der Waals surface area contributed by atoms with Crippen molar-refractivity contribution < 1.29 is 128 Å². The van der Waals surface area contributed by atoms with Crippen molar-refractivity contribution in [3.63, 3.8) is 0 Å². The van der Waals surface area contributed by atoms with Crippen LogP contribution in [0.4, 0.5) is 0 Å². The fraction of sp³-hybridized carbons (Fsp3) is 0.600. The maximum absolute atomic E-state index is 12.8. The molecular formula is C45H60O26. The normalized spacial score (nSPS) is 37.7. The van der Waals surface area contributed by atoms with E-state index in [0.29, 0.717) is 11.1 Å². The summed E-state index contributed by atoms with van der Waals surface area (Å²) < 4.78 is 55.6. The third-order valence-electron chi connectivity index (χ3n) is 12.1. The highest BCUT2D eigenvalue weighted by atomic mass is 16.8. The molecule has 2 aromatic rings.